The molecule has 1 fully saturated rings. The Kier molecular flexibility index (Phi) is 4.36. The summed E-state index contributed by atoms with van der Waals surface area (Å²) < 4.78 is 15.9. The van der Waals surface area contributed by atoms with Crippen LogP contribution in [0.25, 0.3) is 11.0 Å². The van der Waals surface area contributed by atoms with Crippen molar-refractivity contribution < 1.29 is 29.2 Å². The molecule has 2 aromatic rings. The molecule has 2 unspecified atom stereocenters. The van der Waals surface area contributed by atoms with Crippen molar-refractivity contribution in [1.29, 1.82) is 0 Å². The van der Waals surface area contributed by atoms with Gasteiger partial charge in [-0.15, -0.1) is 0 Å². The predicted molar refractivity (Wildman–Crippen MR) is 80.3 cm³/mol. The lowest BCUT2D eigenvalue weighted by Crippen LogP contribution is -2.54. The monoisotopic (exact) mass is 322 g/mol. The largest absolute Gasteiger partial charge is 0.462 e. The summed E-state index contributed by atoms with van der Waals surface area (Å²) in [6.07, 6.45) is -4.32. The Morgan fingerprint density at radius 2 is 2.00 bits per heavy atom. The minimum absolute atomic E-state index is 0.147. The average molecular weight is 322 g/mol. The Labute approximate surface area is 131 Å². The Morgan fingerprint density at radius 3 is 2.74 bits per heavy atom. The van der Waals surface area contributed by atoms with Gasteiger partial charge in [-0.3, -0.25) is 0 Å². The maximum atomic E-state index is 11.6. The number of ether oxygens (including phenoxy) is 2. The summed E-state index contributed by atoms with van der Waals surface area (Å²) in [5.74, 6) is 0.321. The maximum Gasteiger partial charge on any atom is 0.336 e. The van der Waals surface area contributed by atoms with Crippen molar-refractivity contribution in [1.82, 2.24) is 0 Å². The second kappa shape index (κ2) is 6.29. The van der Waals surface area contributed by atoms with E-state index in [2.05, 4.69) is 0 Å². The molecule has 23 heavy (non-hydrogen) atoms. The lowest BCUT2D eigenvalue weighted by atomic mass is 10.1. The molecule has 0 bridgehead atoms. The molecule has 7 heteroatoms. The van der Waals surface area contributed by atoms with Crippen molar-refractivity contribution in [2.24, 2.45) is 0 Å². The fourth-order valence-electron chi connectivity index (χ4n) is 2.59. The van der Waals surface area contributed by atoms with E-state index in [1.807, 2.05) is 6.92 Å². The van der Waals surface area contributed by atoms with E-state index >= 15 is 0 Å². The summed E-state index contributed by atoms with van der Waals surface area (Å²) in [7, 11) is 0. The molecule has 1 aromatic heterocycles. The van der Waals surface area contributed by atoms with Crippen molar-refractivity contribution in [2.45, 2.75) is 37.9 Å². The lowest BCUT2D eigenvalue weighted by Gasteiger charge is -2.34. The highest BCUT2D eigenvalue weighted by atomic mass is 16.7. The normalized spacial score (nSPS) is 28.0. The molecule has 0 radical (unpaired) electrons. The van der Waals surface area contributed by atoms with E-state index in [1.54, 1.807) is 12.1 Å². The summed E-state index contributed by atoms with van der Waals surface area (Å²) in [6, 6.07) is 6.40. The molecule has 0 spiro atoms. The van der Waals surface area contributed by atoms with Gasteiger partial charge in [-0.05, 0) is 24.1 Å². The summed E-state index contributed by atoms with van der Waals surface area (Å²) >= 11 is 0. The molecular weight excluding hydrogens is 304 g/mol. The second-order valence-electron chi connectivity index (χ2n) is 5.47. The van der Waals surface area contributed by atoms with Crippen LogP contribution in [0.15, 0.2) is 33.5 Å². The van der Waals surface area contributed by atoms with Crippen molar-refractivity contribution in [3.05, 3.63) is 40.2 Å². The first kappa shape index (κ1) is 15.9. The quantitative estimate of drug-likeness (QED) is 0.691. The SMILES string of the molecule is CCc1cc(=O)oc2cc(OC3OCC(O)[C@H](O)[C@H]3O)ccc12. The Balaban J connectivity index is 1.88. The number of hydrogen-bond donors (Lipinski definition) is 3. The first-order chi connectivity index (χ1) is 11.0. The van der Waals surface area contributed by atoms with Crippen LogP contribution in [-0.2, 0) is 11.2 Å². The number of aliphatic hydroxyl groups excluding tert-OH is 3. The van der Waals surface area contributed by atoms with Gasteiger partial charge in [0.2, 0.25) is 6.29 Å². The van der Waals surface area contributed by atoms with Crippen molar-refractivity contribution in [3.8, 4) is 5.75 Å². The third-order valence-electron chi connectivity index (χ3n) is 3.89. The Hall–Kier alpha value is -1.93. The molecule has 0 amide bonds. The summed E-state index contributed by atoms with van der Waals surface area (Å²) in [6.45, 7) is 1.79. The molecule has 124 valence electrons. The number of fused-ring (bicyclic) bond motifs is 1. The van der Waals surface area contributed by atoms with Gasteiger partial charge in [-0.1, -0.05) is 6.92 Å². The summed E-state index contributed by atoms with van der Waals surface area (Å²) in [5.41, 5.74) is 0.798. The number of aryl methyl sites for hydroxylation is 1. The molecule has 3 rings (SSSR count). The van der Waals surface area contributed by atoms with Crippen molar-refractivity contribution >= 4 is 11.0 Å². The molecule has 0 aliphatic carbocycles. The smallest absolute Gasteiger partial charge is 0.336 e. The van der Waals surface area contributed by atoms with Gasteiger partial charge in [-0.2, -0.15) is 0 Å². The van der Waals surface area contributed by atoms with Crippen LogP contribution in [0.1, 0.15) is 12.5 Å². The van der Waals surface area contributed by atoms with Gasteiger partial charge in [0.15, 0.2) is 0 Å². The van der Waals surface area contributed by atoms with Crippen molar-refractivity contribution in [2.75, 3.05) is 6.61 Å². The van der Waals surface area contributed by atoms with Gasteiger partial charge < -0.3 is 29.2 Å². The first-order valence-electron chi connectivity index (χ1n) is 7.39. The molecule has 1 aliphatic heterocycles. The Bertz CT molecular complexity index is 754. The highest BCUT2D eigenvalue weighted by Crippen LogP contribution is 2.26. The van der Waals surface area contributed by atoms with E-state index < -0.39 is 30.2 Å². The summed E-state index contributed by atoms with van der Waals surface area (Å²) in [5, 5.41) is 29.8. The van der Waals surface area contributed by atoms with Crippen LogP contribution in [0.5, 0.6) is 5.75 Å². The van der Waals surface area contributed by atoms with E-state index in [0.29, 0.717) is 17.8 Å². The third-order valence-corrected chi connectivity index (χ3v) is 3.89. The first-order valence-corrected chi connectivity index (χ1v) is 7.39. The zero-order chi connectivity index (χ0) is 16.6. The molecule has 3 N–H and O–H groups in total. The Morgan fingerprint density at radius 1 is 1.22 bits per heavy atom. The fraction of sp³-hybridized carbons (Fsp3) is 0.438. The summed E-state index contributed by atoms with van der Waals surface area (Å²) in [4.78, 5) is 11.6. The molecule has 7 nitrogen and oxygen atoms in total. The topological polar surface area (TPSA) is 109 Å². The van der Waals surface area contributed by atoms with Crippen LogP contribution in [-0.4, -0.2) is 46.5 Å². The zero-order valence-electron chi connectivity index (χ0n) is 12.5. The van der Waals surface area contributed by atoms with E-state index in [4.69, 9.17) is 13.9 Å². The van der Waals surface area contributed by atoms with Crippen LogP contribution >= 0.6 is 0 Å². The maximum absolute atomic E-state index is 11.6. The van der Waals surface area contributed by atoms with Gasteiger partial charge in [0.25, 0.3) is 0 Å². The van der Waals surface area contributed by atoms with Crippen LogP contribution < -0.4 is 10.4 Å². The van der Waals surface area contributed by atoms with Crippen LogP contribution in [0.3, 0.4) is 0 Å². The zero-order valence-corrected chi connectivity index (χ0v) is 12.5. The fourth-order valence-corrected chi connectivity index (χ4v) is 2.59. The lowest BCUT2D eigenvalue weighted by molar-refractivity contribution is -0.242. The van der Waals surface area contributed by atoms with E-state index in [0.717, 1.165) is 10.9 Å². The molecule has 2 heterocycles. The van der Waals surface area contributed by atoms with E-state index in [1.165, 1.54) is 12.1 Å². The van der Waals surface area contributed by atoms with Gasteiger partial charge >= 0.3 is 5.63 Å². The predicted octanol–water partition coefficient (Wildman–Crippen LogP) is 0.173. The minimum atomic E-state index is -1.39. The molecule has 1 saturated heterocycles. The molecular formula is C16H18O7. The number of hydrogen-bond acceptors (Lipinski definition) is 7. The van der Waals surface area contributed by atoms with Gasteiger partial charge in [0, 0.05) is 17.5 Å². The molecule has 1 aliphatic rings. The number of rotatable bonds is 3. The van der Waals surface area contributed by atoms with E-state index in [-0.39, 0.29) is 6.61 Å². The standard InChI is InChI=1S/C16H18O7/c1-2-8-5-13(18)23-12-6-9(3-4-10(8)12)22-16-15(20)14(19)11(17)7-21-16/h3-6,11,14-17,19-20H,2,7H2,1H3/t11?,14-,15+,16?/m0/s1. The van der Waals surface area contributed by atoms with Gasteiger partial charge in [-0.25, -0.2) is 4.79 Å². The number of aliphatic hydroxyl groups is 3. The average Bonchev–Trinajstić information content (AvgIpc) is 2.54. The van der Waals surface area contributed by atoms with Crippen LogP contribution in [0.4, 0.5) is 0 Å². The van der Waals surface area contributed by atoms with Crippen LogP contribution in [0, 0.1) is 0 Å². The van der Waals surface area contributed by atoms with Crippen molar-refractivity contribution in [3.63, 3.8) is 0 Å². The van der Waals surface area contributed by atoms with E-state index in [9.17, 15) is 20.1 Å². The minimum Gasteiger partial charge on any atom is -0.462 e. The number of benzene rings is 1. The highest BCUT2D eigenvalue weighted by molar-refractivity contribution is 5.81. The van der Waals surface area contributed by atoms with Gasteiger partial charge in [0.1, 0.15) is 29.6 Å². The van der Waals surface area contributed by atoms with Crippen LogP contribution in [0.2, 0.25) is 0 Å². The third kappa shape index (κ3) is 3.09. The molecule has 0 saturated carbocycles. The molecule has 1 aromatic carbocycles. The molecule has 4 atom stereocenters. The highest BCUT2D eigenvalue weighted by Gasteiger charge is 2.39. The van der Waals surface area contributed by atoms with Gasteiger partial charge in [0.05, 0.1) is 6.61 Å². The second-order valence-corrected chi connectivity index (χ2v) is 5.47.